The van der Waals surface area contributed by atoms with E-state index >= 15 is 0 Å². The van der Waals surface area contributed by atoms with Crippen molar-refractivity contribution >= 4 is 29.5 Å². The molecule has 0 aliphatic carbocycles. The summed E-state index contributed by atoms with van der Waals surface area (Å²) in [6, 6.07) is 14.1. The minimum Gasteiger partial charge on any atom is -0.444 e. The van der Waals surface area contributed by atoms with Gasteiger partial charge in [-0.2, -0.15) is 0 Å². The number of nitrogens with zero attached hydrogens (tertiary/aromatic N) is 1. The Morgan fingerprint density at radius 3 is 2.03 bits per heavy atom. The van der Waals surface area contributed by atoms with Gasteiger partial charge in [-0.1, -0.05) is 48.5 Å². The lowest BCUT2D eigenvalue weighted by molar-refractivity contribution is -0.147. The zero-order valence-corrected chi connectivity index (χ0v) is 23.3. The van der Waals surface area contributed by atoms with Gasteiger partial charge in [0, 0.05) is 17.6 Å². The average molecular weight is 525 g/mol. The molecule has 0 aliphatic rings. The Hall–Kier alpha value is -3.88. The molecule has 0 bridgehead atoms. The van der Waals surface area contributed by atoms with E-state index in [1.54, 1.807) is 71.9 Å². The van der Waals surface area contributed by atoms with E-state index in [0.717, 1.165) is 5.56 Å². The van der Waals surface area contributed by atoms with E-state index < -0.39 is 47.0 Å². The highest BCUT2D eigenvalue weighted by atomic mass is 16.6. The molecule has 206 valence electrons. The van der Waals surface area contributed by atoms with Crippen LogP contribution >= 0.6 is 0 Å². The lowest BCUT2D eigenvalue weighted by Crippen LogP contribution is -2.58. The predicted molar refractivity (Wildman–Crippen MR) is 147 cm³/mol. The first-order valence-corrected chi connectivity index (χ1v) is 12.6. The molecule has 4 amide bonds. The third kappa shape index (κ3) is 8.90. The zero-order chi connectivity index (χ0) is 28.7. The lowest BCUT2D eigenvalue weighted by Gasteiger charge is -2.43. The van der Waals surface area contributed by atoms with E-state index in [9.17, 15) is 19.2 Å². The number of hydrogen-bond acceptors (Lipinski definition) is 5. The van der Waals surface area contributed by atoms with Crippen molar-refractivity contribution in [1.29, 1.82) is 0 Å². The van der Waals surface area contributed by atoms with Gasteiger partial charge >= 0.3 is 6.09 Å². The number of anilines is 1. The van der Waals surface area contributed by atoms with Gasteiger partial charge in [-0.05, 0) is 72.1 Å². The second kappa shape index (κ2) is 12.6. The summed E-state index contributed by atoms with van der Waals surface area (Å²) in [4.78, 5) is 53.7. The normalized spacial score (nSPS) is 13.1. The molecule has 0 aromatic heterocycles. The fraction of sp³-hybridized carbons (Fsp3) is 0.448. The summed E-state index contributed by atoms with van der Waals surface area (Å²) in [5.41, 5.74) is 5.78. The summed E-state index contributed by atoms with van der Waals surface area (Å²) in [7, 11) is 0. The number of nitrogens with one attached hydrogen (secondary N) is 2. The molecule has 0 aliphatic heterocycles. The molecule has 4 N–H and O–H groups in total. The molecule has 0 heterocycles. The molecule has 0 saturated heterocycles. The predicted octanol–water partition coefficient (Wildman–Crippen LogP) is 4.46. The number of alkyl carbamates (subject to hydrolysis) is 1. The highest BCUT2D eigenvalue weighted by Crippen LogP contribution is 2.31. The van der Waals surface area contributed by atoms with Crippen molar-refractivity contribution in [3.8, 4) is 0 Å². The summed E-state index contributed by atoms with van der Waals surface area (Å²) in [5.74, 6) is -1.58. The van der Waals surface area contributed by atoms with Crippen molar-refractivity contribution in [2.45, 2.75) is 84.5 Å². The molecule has 0 spiro atoms. The number of rotatable bonds is 9. The van der Waals surface area contributed by atoms with E-state index in [2.05, 4.69) is 10.6 Å². The van der Waals surface area contributed by atoms with Crippen LogP contribution in [0.1, 0.15) is 71.6 Å². The highest BCUT2D eigenvalue weighted by molar-refractivity contribution is 5.99. The van der Waals surface area contributed by atoms with Crippen LogP contribution in [0.25, 0.3) is 0 Å². The van der Waals surface area contributed by atoms with E-state index in [4.69, 9.17) is 10.5 Å². The van der Waals surface area contributed by atoms with Gasteiger partial charge in [0.1, 0.15) is 17.7 Å². The number of nitrogens with two attached hydrogens (primary N) is 1. The zero-order valence-electron chi connectivity index (χ0n) is 23.3. The van der Waals surface area contributed by atoms with Gasteiger partial charge in [-0.15, -0.1) is 0 Å². The van der Waals surface area contributed by atoms with Gasteiger partial charge in [0.2, 0.25) is 11.8 Å². The van der Waals surface area contributed by atoms with Crippen LogP contribution in [-0.4, -0.2) is 45.9 Å². The molecule has 9 nitrogen and oxygen atoms in total. The van der Waals surface area contributed by atoms with Crippen LogP contribution in [0.2, 0.25) is 0 Å². The van der Waals surface area contributed by atoms with Gasteiger partial charge in [-0.25, -0.2) is 4.79 Å². The number of ether oxygens (including phenoxy) is 1. The number of aryl methyl sites for hydroxylation is 1. The number of benzene rings is 2. The van der Waals surface area contributed by atoms with E-state index in [1.807, 2.05) is 31.2 Å². The fourth-order valence-electron chi connectivity index (χ4n) is 3.97. The second-order valence-electron chi connectivity index (χ2n) is 11.2. The second-order valence-corrected chi connectivity index (χ2v) is 11.2. The van der Waals surface area contributed by atoms with Gasteiger partial charge < -0.3 is 26.0 Å². The third-order valence-corrected chi connectivity index (χ3v) is 5.65. The number of carbonyl (C=O) groups is 4. The van der Waals surface area contributed by atoms with Crippen molar-refractivity contribution in [2.24, 2.45) is 5.73 Å². The highest BCUT2D eigenvalue weighted by Gasteiger charge is 2.42. The monoisotopic (exact) mass is 524 g/mol. The number of para-hydroxylation sites is 1. The topological polar surface area (TPSA) is 131 Å². The SMILES string of the molecule is Cc1ccccc1NC(=O)C(c1ccccc1)N(C(=O)C(CCC(N)=O)NC(=O)OC(C)(C)C)C(C)(C)C. The number of carbonyl (C=O) groups excluding carboxylic acids is 4. The molecule has 2 unspecified atom stereocenters. The summed E-state index contributed by atoms with van der Waals surface area (Å²) in [5, 5.41) is 5.55. The van der Waals surface area contributed by atoms with Gasteiger partial charge in [0.25, 0.3) is 5.91 Å². The maximum atomic E-state index is 14.2. The molecule has 0 radical (unpaired) electrons. The van der Waals surface area contributed by atoms with Crippen molar-refractivity contribution in [2.75, 3.05) is 5.32 Å². The van der Waals surface area contributed by atoms with Crippen LogP contribution in [0.15, 0.2) is 54.6 Å². The molecule has 2 atom stereocenters. The fourth-order valence-corrected chi connectivity index (χ4v) is 3.97. The lowest BCUT2D eigenvalue weighted by atomic mass is 9.94. The summed E-state index contributed by atoms with van der Waals surface area (Å²) in [6.07, 6.45) is -1.01. The molecule has 2 rings (SSSR count). The Labute approximate surface area is 225 Å². The van der Waals surface area contributed by atoms with Crippen LogP contribution in [-0.2, 0) is 19.1 Å². The third-order valence-electron chi connectivity index (χ3n) is 5.65. The largest absolute Gasteiger partial charge is 0.444 e. The standard InChI is InChI=1S/C29H40N4O5/c1-19-13-11-12-16-21(19)31-25(35)24(20-14-9-8-10-15-20)33(28(2,3)4)26(36)22(17-18-23(30)34)32-27(37)38-29(5,6)7/h8-16,22,24H,17-18H2,1-7H3,(H2,30,34)(H,31,35)(H,32,37). The van der Waals surface area contributed by atoms with Gasteiger partial charge in [-0.3, -0.25) is 14.4 Å². The molecule has 0 saturated carbocycles. The molecular formula is C29H40N4O5. The quantitative estimate of drug-likeness (QED) is 0.446. The molecule has 0 fully saturated rings. The van der Waals surface area contributed by atoms with Gasteiger partial charge in [0.05, 0.1) is 0 Å². The summed E-state index contributed by atoms with van der Waals surface area (Å²) in [6.45, 7) is 12.4. The van der Waals surface area contributed by atoms with E-state index in [1.165, 1.54) is 4.90 Å². The molecule has 9 heteroatoms. The first-order chi connectivity index (χ1) is 17.6. The number of primary amides is 1. The average Bonchev–Trinajstić information content (AvgIpc) is 2.79. The van der Waals surface area contributed by atoms with Crippen molar-refractivity contribution in [3.63, 3.8) is 0 Å². The minimum absolute atomic E-state index is 0.0547. The van der Waals surface area contributed by atoms with E-state index in [-0.39, 0.29) is 12.8 Å². The molecule has 38 heavy (non-hydrogen) atoms. The summed E-state index contributed by atoms with van der Waals surface area (Å²) < 4.78 is 5.36. The molecule has 2 aromatic rings. The Morgan fingerprint density at radius 2 is 1.50 bits per heavy atom. The summed E-state index contributed by atoms with van der Waals surface area (Å²) >= 11 is 0. The number of amides is 4. The minimum atomic E-state index is -1.16. The first-order valence-electron chi connectivity index (χ1n) is 12.6. The Morgan fingerprint density at radius 1 is 0.921 bits per heavy atom. The number of hydrogen-bond donors (Lipinski definition) is 3. The van der Waals surface area contributed by atoms with Crippen molar-refractivity contribution < 1.29 is 23.9 Å². The Bertz CT molecular complexity index is 1140. The van der Waals surface area contributed by atoms with Crippen LogP contribution in [0.5, 0.6) is 0 Å². The van der Waals surface area contributed by atoms with Crippen molar-refractivity contribution in [1.82, 2.24) is 10.2 Å². The maximum absolute atomic E-state index is 14.2. The maximum Gasteiger partial charge on any atom is 0.408 e. The van der Waals surface area contributed by atoms with E-state index in [0.29, 0.717) is 11.3 Å². The van der Waals surface area contributed by atoms with Crippen LogP contribution < -0.4 is 16.4 Å². The van der Waals surface area contributed by atoms with Crippen LogP contribution in [0.3, 0.4) is 0 Å². The van der Waals surface area contributed by atoms with Gasteiger partial charge in [0.15, 0.2) is 0 Å². The Kier molecular flexibility index (Phi) is 10.0. The molecular weight excluding hydrogens is 484 g/mol. The van der Waals surface area contributed by atoms with Crippen LogP contribution in [0.4, 0.5) is 10.5 Å². The van der Waals surface area contributed by atoms with Crippen molar-refractivity contribution in [3.05, 3.63) is 65.7 Å². The Balaban J connectivity index is 2.55. The molecule has 2 aromatic carbocycles. The first kappa shape index (κ1) is 30.3. The van der Waals surface area contributed by atoms with Crippen LogP contribution in [0, 0.1) is 6.92 Å². The smallest absolute Gasteiger partial charge is 0.408 e.